The maximum Gasteiger partial charge on any atom is 0.516 e. The standard InChI is InChI=1S/C19H12Cl2F2O4/c1-2-25-19(24)27-17-9-14(11-5-12(20)8-13(22)6-11)18(26-17)10-3-4-16(23)15(21)7-10/h3-9H,2H2,1H3. The van der Waals surface area contributed by atoms with Gasteiger partial charge in [-0.05, 0) is 48.9 Å². The first-order valence-electron chi connectivity index (χ1n) is 7.77. The van der Waals surface area contributed by atoms with Crippen molar-refractivity contribution in [2.45, 2.75) is 6.92 Å². The van der Waals surface area contributed by atoms with Crippen LogP contribution in [0.5, 0.6) is 5.95 Å². The molecule has 27 heavy (non-hydrogen) atoms. The van der Waals surface area contributed by atoms with Gasteiger partial charge >= 0.3 is 6.16 Å². The van der Waals surface area contributed by atoms with Crippen molar-refractivity contribution in [3.8, 4) is 28.4 Å². The smallest absolute Gasteiger partial charge is 0.434 e. The van der Waals surface area contributed by atoms with Crippen LogP contribution in [-0.4, -0.2) is 12.8 Å². The van der Waals surface area contributed by atoms with Crippen LogP contribution in [0.2, 0.25) is 10.0 Å². The summed E-state index contributed by atoms with van der Waals surface area (Å²) < 4.78 is 42.5. The van der Waals surface area contributed by atoms with Crippen molar-refractivity contribution >= 4 is 29.4 Å². The van der Waals surface area contributed by atoms with Crippen LogP contribution in [0.1, 0.15) is 6.92 Å². The molecular weight excluding hydrogens is 401 g/mol. The van der Waals surface area contributed by atoms with Crippen LogP contribution < -0.4 is 4.74 Å². The molecule has 140 valence electrons. The van der Waals surface area contributed by atoms with Gasteiger partial charge in [-0.15, -0.1) is 0 Å². The molecule has 0 aliphatic heterocycles. The first kappa shape index (κ1) is 19.2. The van der Waals surface area contributed by atoms with E-state index >= 15 is 0 Å². The Hall–Kier alpha value is -2.57. The van der Waals surface area contributed by atoms with Crippen LogP contribution in [0.15, 0.2) is 46.9 Å². The predicted molar refractivity (Wildman–Crippen MR) is 97.2 cm³/mol. The second kappa shape index (κ2) is 7.98. The summed E-state index contributed by atoms with van der Waals surface area (Å²) in [6.45, 7) is 1.74. The minimum Gasteiger partial charge on any atom is -0.434 e. The molecule has 0 atom stereocenters. The Morgan fingerprint density at radius 1 is 1.07 bits per heavy atom. The van der Waals surface area contributed by atoms with Gasteiger partial charge in [-0.25, -0.2) is 13.6 Å². The Morgan fingerprint density at radius 2 is 1.85 bits per heavy atom. The predicted octanol–water partition coefficient (Wildman–Crippen LogP) is 6.73. The van der Waals surface area contributed by atoms with E-state index < -0.39 is 17.8 Å². The highest BCUT2D eigenvalue weighted by Gasteiger charge is 2.20. The lowest BCUT2D eigenvalue weighted by molar-refractivity contribution is 0.0952. The highest BCUT2D eigenvalue weighted by Crippen LogP contribution is 2.40. The van der Waals surface area contributed by atoms with Gasteiger partial charge < -0.3 is 13.9 Å². The van der Waals surface area contributed by atoms with Gasteiger partial charge in [0.05, 0.1) is 11.6 Å². The summed E-state index contributed by atoms with van der Waals surface area (Å²) in [6, 6.07) is 9.21. The Kier molecular flexibility index (Phi) is 5.68. The van der Waals surface area contributed by atoms with Gasteiger partial charge in [-0.2, -0.15) is 0 Å². The molecule has 1 aromatic heterocycles. The topological polar surface area (TPSA) is 48.7 Å². The number of hydrogen-bond donors (Lipinski definition) is 0. The monoisotopic (exact) mass is 412 g/mol. The summed E-state index contributed by atoms with van der Waals surface area (Å²) in [7, 11) is 0. The number of hydrogen-bond acceptors (Lipinski definition) is 4. The Balaban J connectivity index is 2.12. The van der Waals surface area contributed by atoms with E-state index in [9.17, 15) is 13.6 Å². The van der Waals surface area contributed by atoms with Crippen LogP contribution in [0.3, 0.4) is 0 Å². The van der Waals surface area contributed by atoms with Gasteiger partial charge in [0.15, 0.2) is 0 Å². The highest BCUT2D eigenvalue weighted by molar-refractivity contribution is 6.31. The van der Waals surface area contributed by atoms with Gasteiger partial charge in [-0.3, -0.25) is 0 Å². The maximum absolute atomic E-state index is 13.8. The molecule has 1 heterocycles. The minimum atomic E-state index is -0.959. The van der Waals surface area contributed by atoms with Crippen molar-refractivity contribution < 1.29 is 27.5 Å². The fraction of sp³-hybridized carbons (Fsp3) is 0.105. The number of rotatable bonds is 4. The number of benzene rings is 2. The largest absolute Gasteiger partial charge is 0.516 e. The third kappa shape index (κ3) is 4.40. The SMILES string of the molecule is CCOC(=O)Oc1cc(-c2cc(F)cc(Cl)c2)c(-c2ccc(F)c(Cl)c2)o1. The van der Waals surface area contributed by atoms with Crippen molar-refractivity contribution in [2.75, 3.05) is 6.61 Å². The quantitative estimate of drug-likeness (QED) is 0.445. The van der Waals surface area contributed by atoms with Crippen LogP contribution in [0, 0.1) is 11.6 Å². The molecule has 0 N–H and O–H groups in total. The minimum absolute atomic E-state index is 0.117. The van der Waals surface area contributed by atoms with E-state index in [2.05, 4.69) is 0 Å². The number of carbonyl (C=O) groups is 1. The summed E-state index contributed by atoms with van der Waals surface area (Å²) in [5.41, 5.74) is 1.15. The van der Waals surface area contributed by atoms with Gasteiger partial charge in [0.1, 0.15) is 17.4 Å². The Morgan fingerprint density at radius 3 is 2.52 bits per heavy atom. The molecule has 2 aromatic carbocycles. The van der Waals surface area contributed by atoms with E-state index in [0.717, 1.165) is 12.1 Å². The van der Waals surface area contributed by atoms with E-state index in [4.69, 9.17) is 37.1 Å². The fourth-order valence-corrected chi connectivity index (χ4v) is 2.83. The van der Waals surface area contributed by atoms with Crippen LogP contribution in [-0.2, 0) is 4.74 Å². The molecule has 0 spiro atoms. The van der Waals surface area contributed by atoms with E-state index in [0.29, 0.717) is 16.7 Å². The van der Waals surface area contributed by atoms with Gasteiger partial charge in [0, 0.05) is 22.2 Å². The summed E-state index contributed by atoms with van der Waals surface area (Å²) in [5.74, 6) is -1.16. The third-order valence-corrected chi connectivity index (χ3v) is 4.02. The van der Waals surface area contributed by atoms with Crippen molar-refractivity contribution in [1.29, 1.82) is 0 Å². The summed E-state index contributed by atoms with van der Waals surface area (Å²) in [6.07, 6.45) is -0.959. The molecular formula is C19H12Cl2F2O4. The average molecular weight is 413 g/mol. The van der Waals surface area contributed by atoms with Gasteiger partial charge in [0.2, 0.25) is 0 Å². The van der Waals surface area contributed by atoms with E-state index in [-0.39, 0.29) is 28.4 Å². The second-order valence-electron chi connectivity index (χ2n) is 5.38. The van der Waals surface area contributed by atoms with Crippen molar-refractivity contribution in [2.24, 2.45) is 0 Å². The zero-order valence-electron chi connectivity index (χ0n) is 13.9. The van der Waals surface area contributed by atoms with Gasteiger partial charge in [-0.1, -0.05) is 23.2 Å². The number of furan rings is 1. The van der Waals surface area contributed by atoms with Crippen molar-refractivity contribution in [1.82, 2.24) is 0 Å². The number of halogens is 4. The molecule has 4 nitrogen and oxygen atoms in total. The van der Waals surface area contributed by atoms with E-state index in [1.807, 2.05) is 0 Å². The Bertz CT molecular complexity index is 981. The summed E-state index contributed by atoms with van der Waals surface area (Å²) in [5, 5.41) is 0.0436. The average Bonchev–Trinajstić information content (AvgIpc) is 3.00. The molecule has 0 radical (unpaired) electrons. The number of ether oxygens (including phenoxy) is 2. The summed E-state index contributed by atoms with van der Waals surface area (Å²) >= 11 is 11.8. The Labute approximate surface area is 163 Å². The molecule has 0 aliphatic carbocycles. The van der Waals surface area contributed by atoms with Crippen LogP contribution >= 0.6 is 23.2 Å². The zero-order chi connectivity index (χ0) is 19.6. The van der Waals surface area contributed by atoms with E-state index in [1.165, 1.54) is 30.3 Å². The lowest BCUT2D eigenvalue weighted by Gasteiger charge is -2.05. The first-order valence-corrected chi connectivity index (χ1v) is 8.53. The molecule has 0 unspecified atom stereocenters. The third-order valence-electron chi connectivity index (χ3n) is 3.51. The van der Waals surface area contributed by atoms with Crippen LogP contribution in [0.25, 0.3) is 22.5 Å². The van der Waals surface area contributed by atoms with Crippen molar-refractivity contribution in [3.05, 3.63) is 64.1 Å². The summed E-state index contributed by atoms with van der Waals surface area (Å²) in [4.78, 5) is 11.6. The van der Waals surface area contributed by atoms with E-state index in [1.54, 1.807) is 6.92 Å². The molecule has 0 amide bonds. The molecule has 0 bridgehead atoms. The van der Waals surface area contributed by atoms with Crippen molar-refractivity contribution in [3.63, 3.8) is 0 Å². The second-order valence-corrected chi connectivity index (χ2v) is 6.22. The molecule has 0 saturated heterocycles. The normalized spacial score (nSPS) is 10.7. The molecule has 0 saturated carbocycles. The lowest BCUT2D eigenvalue weighted by atomic mass is 10.0. The molecule has 3 aromatic rings. The molecule has 8 heteroatoms. The zero-order valence-corrected chi connectivity index (χ0v) is 15.4. The maximum atomic E-state index is 13.8. The first-order chi connectivity index (χ1) is 12.9. The van der Waals surface area contributed by atoms with Crippen LogP contribution in [0.4, 0.5) is 13.6 Å². The fourth-order valence-electron chi connectivity index (χ4n) is 2.42. The molecule has 0 aliphatic rings. The highest BCUT2D eigenvalue weighted by atomic mass is 35.5. The van der Waals surface area contributed by atoms with Gasteiger partial charge in [0.25, 0.3) is 5.95 Å². The molecule has 0 fully saturated rings. The lowest BCUT2D eigenvalue weighted by Crippen LogP contribution is -2.09. The number of carbonyl (C=O) groups excluding carboxylic acids is 1. The molecule has 3 rings (SSSR count).